The molecule has 0 aliphatic heterocycles. The molecule has 0 heterocycles. The Bertz CT molecular complexity index is 3040. The number of rotatable bonds is 83. The summed E-state index contributed by atoms with van der Waals surface area (Å²) in [6.45, 7) is 40.1. The van der Waals surface area contributed by atoms with Gasteiger partial charge in [0.15, 0.2) is 33.3 Å². The van der Waals surface area contributed by atoms with E-state index in [1.54, 1.807) is 56.9 Å². The first-order valence-corrected chi connectivity index (χ1v) is 75.1. The lowest BCUT2D eigenvalue weighted by atomic mass is 9.80. The van der Waals surface area contributed by atoms with Crippen LogP contribution in [0.5, 0.6) is 0 Å². The number of carbonyl (C=O) groups is 1. The molecule has 0 radical (unpaired) electrons. The fourth-order valence-electron chi connectivity index (χ4n) is 15.5. The van der Waals surface area contributed by atoms with Crippen LogP contribution in [-0.4, -0.2) is 305 Å². The molecule has 8 N–H and O–H groups in total. The maximum Gasteiger partial charge on any atom is 0.500 e. The summed E-state index contributed by atoms with van der Waals surface area (Å²) in [5.41, 5.74) is 4.90. The van der Waals surface area contributed by atoms with Crippen molar-refractivity contribution in [2.24, 2.45) is 11.8 Å². The number of benzene rings is 2. The first kappa shape index (κ1) is 154. The van der Waals surface area contributed by atoms with Crippen LogP contribution in [0.25, 0.3) is 0 Å². The quantitative estimate of drug-likeness (QED) is 0.0225. The van der Waals surface area contributed by atoms with Crippen molar-refractivity contribution in [1.82, 2.24) is 4.90 Å². The van der Waals surface area contributed by atoms with Crippen LogP contribution >= 0.6 is 0 Å². The van der Waals surface area contributed by atoms with E-state index in [0.717, 1.165) is 177 Å². The summed E-state index contributed by atoms with van der Waals surface area (Å²) in [4.78, 5) is 14.0. The molecule has 145 heavy (non-hydrogen) atoms. The second-order valence-electron chi connectivity index (χ2n) is 42.3. The Morgan fingerprint density at radius 1 is 0.352 bits per heavy atom. The van der Waals surface area contributed by atoms with E-state index in [1.165, 1.54) is 157 Å². The maximum absolute atomic E-state index is 12.1. The SMILES string of the molecule is C.C.CCC(O)CCCCCCCCC(=O)N(C)CCC[Si](C)(OC)OC.CCC(O)CCCCCCCC[Si](C)(C)OC.CCC(O)CCCCCCCC[Si](C)(OC)OC.CCC(O)COCCOCc1ccc(CC[Si](C)(C)OC)cc1.CCCOCCOCC(O)CCCCCCCC[Si](C)(C)OC.CO[Si](C)(C)CCc1ccc(COCC(O)CO)cc1.CO[Si](CCC1CCC(C)C(O)C1)(OC)OC. The molecule has 9 atom stereocenters. The van der Waals surface area contributed by atoms with Gasteiger partial charge in [-0.25, -0.2) is 0 Å². The first-order valence-electron chi connectivity index (χ1n) is 55.7. The van der Waals surface area contributed by atoms with Crippen molar-refractivity contribution in [2.45, 2.75) is 483 Å². The minimum atomic E-state index is -2.42. The van der Waals surface area contributed by atoms with E-state index < -0.39 is 65.3 Å². The lowest BCUT2D eigenvalue weighted by Gasteiger charge is -2.32. The number of aliphatic hydroxyl groups excluding tert-OH is 8. The molecule has 1 fully saturated rings. The van der Waals surface area contributed by atoms with Crippen molar-refractivity contribution in [2.75, 3.05) is 151 Å². The number of aliphatic hydroxyl groups is 8. The summed E-state index contributed by atoms with van der Waals surface area (Å²) in [7, 11) is 9.21. The van der Waals surface area contributed by atoms with Gasteiger partial charge in [0, 0.05) is 111 Å². The van der Waals surface area contributed by atoms with Crippen molar-refractivity contribution in [3.63, 3.8) is 0 Å². The largest absolute Gasteiger partial charge is 0.500 e. The summed E-state index contributed by atoms with van der Waals surface area (Å²) in [5, 5.41) is 75.2. The third-order valence-electron chi connectivity index (χ3n) is 28.0. The molecule has 2 aromatic rings. The number of carbonyl (C=O) groups excluding carboxylic acids is 1. The van der Waals surface area contributed by atoms with Gasteiger partial charge < -0.3 is 118 Å². The van der Waals surface area contributed by atoms with Crippen LogP contribution in [0.15, 0.2) is 48.5 Å². The lowest BCUT2D eigenvalue weighted by molar-refractivity contribution is -0.130. The topological polar surface area (TPSA) is 330 Å². The zero-order valence-electron chi connectivity index (χ0n) is 97.2. The molecule has 1 saturated carbocycles. The first-order chi connectivity index (χ1) is 68.0. The summed E-state index contributed by atoms with van der Waals surface area (Å²) >= 11 is 0. The zero-order valence-corrected chi connectivity index (χ0v) is 104. The molecule has 1 aliphatic carbocycles. The minimum absolute atomic E-state index is 0. The molecule has 3 rings (SSSR count). The van der Waals surface area contributed by atoms with Gasteiger partial charge in [-0.1, -0.05) is 259 Å². The molecule has 33 heteroatoms. The third kappa shape index (κ3) is 93.4. The summed E-state index contributed by atoms with van der Waals surface area (Å²) in [6, 6.07) is 24.5. The summed E-state index contributed by atoms with van der Waals surface area (Å²) in [5.74, 6) is 1.26. The third-order valence-corrected chi connectivity index (χ3v) is 47.2. The number of aryl methyl sites for hydroxylation is 2. The molecule has 2 aromatic carbocycles. The second kappa shape index (κ2) is 99.3. The zero-order chi connectivity index (χ0) is 109. The van der Waals surface area contributed by atoms with Crippen molar-refractivity contribution in [1.29, 1.82) is 0 Å². The average Bonchev–Trinajstić information content (AvgIpc) is 0.902. The Hall–Kier alpha value is -1.53. The molecular formula is C112H237NO25Si7. The standard InChI is InChI=1S/C19H41NO4Si.C18H32O4Si.C18H40O4Si.C15H26O4Si.C14H32O3Si.C14H32O2Si.C12H26O4Si.2CH4/c1-6-18(21)14-11-9-7-8-10-12-15-19(22)20(2)16-13-17-25(5,23-3)24-4;1-5-18(19)15-22-12-11-21-14-17-8-6-16(7-9-17)10-13-23(3,4)20-2;1-5-13-21-14-15-22-17-18(19)12-10-8-6-7-9-11-16-23(3,4)20-2;1-18-20(2,3)9-8-13-4-6-14(7-5-13)11-19-12-15(17)10-16;1-5-14(15)12-10-8-6-7-9-11-13-18(4,16-2)17-3;1-5-14(15)12-10-8-6-7-9-11-13-17(3,4)16-2;1-10-5-6-11(9-12(10)13)7-8-17(14-2,15-3)16-4;;/h18,21H,6-17H2,1-5H3;6-9,18-19H,5,10-15H2,1-4H3;18-19H,5-17H2,1-4H3;4-7,15-17H,8-12H2,1-3H3;14-15H,5-13H2,1-4H3;14-15H,5-13H2,1-4H3;10-13H,5-9H2,1-4H3;2*1H4. The number of ether oxygens (including phenoxy) is 5. The van der Waals surface area contributed by atoms with Crippen LogP contribution in [0.3, 0.4) is 0 Å². The maximum atomic E-state index is 12.1. The highest BCUT2D eigenvalue weighted by atomic mass is 28.4. The minimum Gasteiger partial charge on any atom is -0.420 e. The number of amides is 1. The predicted octanol–water partition coefficient (Wildman–Crippen LogP) is 25.3. The number of hydrogen-bond donors (Lipinski definition) is 8. The van der Waals surface area contributed by atoms with Crippen LogP contribution in [0, 0.1) is 11.8 Å². The van der Waals surface area contributed by atoms with Crippen LogP contribution in [0.1, 0.15) is 329 Å². The Morgan fingerprint density at radius 2 is 0.669 bits per heavy atom. The van der Waals surface area contributed by atoms with Crippen molar-refractivity contribution < 1.29 is 118 Å². The molecule has 0 bridgehead atoms. The second-order valence-corrected chi connectivity index (χ2v) is 70.2. The molecule has 1 aliphatic rings. The Labute approximate surface area is 899 Å². The monoisotopic (exact) mass is 2190 g/mol. The van der Waals surface area contributed by atoms with Gasteiger partial charge in [0.2, 0.25) is 5.91 Å². The van der Waals surface area contributed by atoms with Crippen molar-refractivity contribution >= 4 is 65.1 Å². The molecule has 0 aromatic heterocycles. The Kier molecular flexibility index (Phi) is 106. The lowest BCUT2D eigenvalue weighted by Crippen LogP contribution is -2.43. The molecular weight excluding hydrogens is 1960 g/mol. The van der Waals surface area contributed by atoms with Gasteiger partial charge >= 0.3 is 25.9 Å². The Morgan fingerprint density at radius 3 is 1.03 bits per heavy atom. The highest BCUT2D eigenvalue weighted by molar-refractivity contribution is 6.72. The summed E-state index contributed by atoms with van der Waals surface area (Å²) < 4.78 is 87.3. The van der Waals surface area contributed by atoms with Gasteiger partial charge in [0.05, 0.1) is 103 Å². The van der Waals surface area contributed by atoms with E-state index >= 15 is 0 Å². The van der Waals surface area contributed by atoms with Crippen LogP contribution in [0.2, 0.25) is 108 Å². The van der Waals surface area contributed by atoms with E-state index in [-0.39, 0.29) is 70.6 Å². The Balaban J connectivity index is -0.000000389. The van der Waals surface area contributed by atoms with E-state index in [2.05, 4.69) is 116 Å². The normalized spacial score (nSPS) is 15.3. The van der Waals surface area contributed by atoms with Crippen molar-refractivity contribution in [3.8, 4) is 0 Å². The van der Waals surface area contributed by atoms with Crippen molar-refractivity contribution in [3.05, 3.63) is 70.8 Å². The average molecular weight is 2190 g/mol. The predicted molar refractivity (Wildman–Crippen MR) is 623 cm³/mol. The van der Waals surface area contributed by atoms with Crippen LogP contribution in [-0.2, 0) is 103 Å². The fourth-order valence-corrected chi connectivity index (χ4v) is 25.0. The fraction of sp³-hybridized carbons (Fsp3) is 0.884. The smallest absolute Gasteiger partial charge is 0.420 e. The number of hydrogen-bond acceptors (Lipinski definition) is 25. The van der Waals surface area contributed by atoms with Gasteiger partial charge in [-0.2, -0.15) is 0 Å². The van der Waals surface area contributed by atoms with E-state index in [9.17, 15) is 35.4 Å². The highest BCUT2D eigenvalue weighted by Gasteiger charge is 2.39. The van der Waals surface area contributed by atoms with E-state index in [0.29, 0.717) is 71.1 Å². The van der Waals surface area contributed by atoms with Gasteiger partial charge in [0.25, 0.3) is 0 Å². The molecule has 9 unspecified atom stereocenters. The van der Waals surface area contributed by atoms with Gasteiger partial charge in [-0.05, 0) is 239 Å². The highest BCUT2D eigenvalue weighted by Crippen LogP contribution is 2.34. The van der Waals surface area contributed by atoms with E-state index in [4.69, 9.17) is 82.6 Å². The summed E-state index contributed by atoms with van der Waals surface area (Å²) in [6.07, 6.45) is 43.7. The molecule has 1 amide bonds. The van der Waals surface area contributed by atoms with Crippen LogP contribution in [0.4, 0.5) is 0 Å². The molecule has 0 saturated heterocycles. The number of unbranched alkanes of at least 4 members (excludes halogenated alkanes) is 20. The molecule has 26 nitrogen and oxygen atoms in total. The molecule has 868 valence electrons. The molecule has 0 spiro atoms. The van der Waals surface area contributed by atoms with E-state index in [1.807, 2.05) is 73.1 Å². The van der Waals surface area contributed by atoms with Gasteiger partial charge in [-0.15, -0.1) is 0 Å². The van der Waals surface area contributed by atoms with Gasteiger partial charge in [0.1, 0.15) is 6.10 Å². The number of nitrogens with zero attached hydrogens (tertiary/aromatic N) is 1. The van der Waals surface area contributed by atoms with Gasteiger partial charge in [-0.3, -0.25) is 4.79 Å². The van der Waals surface area contributed by atoms with Crippen LogP contribution < -0.4 is 0 Å².